The third-order valence-corrected chi connectivity index (χ3v) is 6.04. The fraction of sp³-hybridized carbons (Fsp3) is 0.250. The van der Waals surface area contributed by atoms with Crippen LogP contribution in [-0.4, -0.2) is 43.2 Å². The molecule has 3 aromatic carbocycles. The van der Waals surface area contributed by atoms with Gasteiger partial charge in [-0.05, 0) is 73.4 Å². The van der Waals surface area contributed by atoms with Gasteiger partial charge in [-0.2, -0.15) is 5.10 Å². The summed E-state index contributed by atoms with van der Waals surface area (Å²) in [6.45, 7) is 9.02. The van der Waals surface area contributed by atoms with E-state index in [9.17, 15) is 23.2 Å². The number of hydrogen-bond acceptors (Lipinski definition) is 6. The standard InChI is InChI=1S/C32H34F2N4O5/c1-5-9-22-16-21(17-27(42-6-2)30(22)43-19-28(39)36-24-14-12-23(33)13-15-24)18-35-38-32(41)29(20(3)4)37-31(40)25-10-7-8-11-26(25)34/h5,7-8,10-18,20,29H,1,6,9,19H2,2-4H3,(H,36,39)(H,37,40)(H,38,41)/b35-18+. The van der Waals surface area contributed by atoms with Gasteiger partial charge in [0, 0.05) is 11.3 Å². The molecule has 0 heterocycles. The van der Waals surface area contributed by atoms with Crippen molar-refractivity contribution in [1.82, 2.24) is 10.7 Å². The number of allylic oxidation sites excluding steroid dienone is 1. The number of halogens is 2. The lowest BCUT2D eigenvalue weighted by Gasteiger charge is -2.20. The Kier molecular flexibility index (Phi) is 11.9. The molecule has 3 amide bonds. The Balaban J connectivity index is 1.72. The molecule has 0 aliphatic rings. The van der Waals surface area contributed by atoms with Gasteiger partial charge < -0.3 is 20.1 Å². The fourth-order valence-electron chi connectivity index (χ4n) is 4.00. The Bertz CT molecular complexity index is 1480. The lowest BCUT2D eigenvalue weighted by molar-refractivity contribution is -0.124. The van der Waals surface area contributed by atoms with E-state index in [1.807, 2.05) is 0 Å². The zero-order valence-corrected chi connectivity index (χ0v) is 24.2. The van der Waals surface area contributed by atoms with Gasteiger partial charge in [0.1, 0.15) is 17.7 Å². The predicted octanol–water partition coefficient (Wildman–Crippen LogP) is 5.01. The van der Waals surface area contributed by atoms with Gasteiger partial charge in [-0.15, -0.1) is 6.58 Å². The van der Waals surface area contributed by atoms with E-state index in [1.54, 1.807) is 39.0 Å². The van der Waals surface area contributed by atoms with Gasteiger partial charge >= 0.3 is 0 Å². The highest BCUT2D eigenvalue weighted by Gasteiger charge is 2.25. The lowest BCUT2D eigenvalue weighted by atomic mass is 10.0. The molecule has 0 aliphatic carbocycles. The minimum atomic E-state index is -0.976. The molecule has 1 atom stereocenters. The van der Waals surface area contributed by atoms with Crippen LogP contribution in [0, 0.1) is 17.6 Å². The van der Waals surface area contributed by atoms with Crippen LogP contribution in [-0.2, 0) is 16.0 Å². The summed E-state index contributed by atoms with van der Waals surface area (Å²) in [6, 6.07) is 13.3. The summed E-state index contributed by atoms with van der Waals surface area (Å²) < 4.78 is 38.8. The average Bonchev–Trinajstić information content (AvgIpc) is 2.97. The fourth-order valence-corrected chi connectivity index (χ4v) is 4.00. The highest BCUT2D eigenvalue weighted by atomic mass is 19.1. The number of amides is 3. The molecule has 0 aliphatic heterocycles. The number of nitrogens with zero attached hydrogens (tertiary/aromatic N) is 1. The molecule has 11 heteroatoms. The molecular formula is C32H34F2N4O5. The topological polar surface area (TPSA) is 118 Å². The largest absolute Gasteiger partial charge is 0.490 e. The van der Waals surface area contributed by atoms with E-state index < -0.39 is 35.4 Å². The first-order chi connectivity index (χ1) is 20.6. The average molecular weight is 593 g/mol. The monoisotopic (exact) mass is 592 g/mol. The van der Waals surface area contributed by atoms with Gasteiger partial charge in [0.2, 0.25) is 0 Å². The van der Waals surface area contributed by atoms with E-state index in [2.05, 4.69) is 27.7 Å². The minimum absolute atomic E-state index is 0.169. The normalized spacial score (nSPS) is 11.6. The van der Waals surface area contributed by atoms with Crippen LogP contribution in [0.2, 0.25) is 0 Å². The summed E-state index contributed by atoms with van der Waals surface area (Å²) in [5.74, 6) is -2.48. The van der Waals surface area contributed by atoms with Crippen LogP contribution in [0.25, 0.3) is 0 Å². The first-order valence-electron chi connectivity index (χ1n) is 13.6. The second-order valence-electron chi connectivity index (χ2n) is 9.69. The Hall–Kier alpha value is -5.06. The molecule has 0 saturated heterocycles. The number of nitrogens with one attached hydrogen (secondary N) is 3. The van der Waals surface area contributed by atoms with Crippen LogP contribution in [0.4, 0.5) is 14.5 Å². The van der Waals surface area contributed by atoms with Crippen molar-refractivity contribution >= 4 is 29.6 Å². The van der Waals surface area contributed by atoms with Crippen LogP contribution in [0.1, 0.15) is 42.3 Å². The zero-order chi connectivity index (χ0) is 31.4. The molecule has 0 radical (unpaired) electrons. The maximum atomic E-state index is 14.0. The van der Waals surface area contributed by atoms with Crippen molar-refractivity contribution in [2.75, 3.05) is 18.5 Å². The van der Waals surface area contributed by atoms with Crippen molar-refractivity contribution in [2.45, 2.75) is 33.2 Å². The first kappa shape index (κ1) is 32.5. The first-order valence-corrected chi connectivity index (χ1v) is 13.6. The molecule has 3 aromatic rings. The van der Waals surface area contributed by atoms with Gasteiger partial charge in [0.15, 0.2) is 18.1 Å². The Morgan fingerprint density at radius 3 is 2.40 bits per heavy atom. The molecular weight excluding hydrogens is 558 g/mol. The van der Waals surface area contributed by atoms with Crippen LogP contribution in [0.5, 0.6) is 11.5 Å². The number of carbonyl (C=O) groups is 3. The van der Waals surface area contributed by atoms with Crippen LogP contribution in [0.3, 0.4) is 0 Å². The summed E-state index contributed by atoms with van der Waals surface area (Å²) in [5.41, 5.74) is 3.88. The molecule has 0 aromatic heterocycles. The Morgan fingerprint density at radius 1 is 1.02 bits per heavy atom. The molecule has 3 rings (SSSR count). The number of benzene rings is 3. The molecule has 0 fully saturated rings. The minimum Gasteiger partial charge on any atom is -0.490 e. The number of rotatable bonds is 14. The van der Waals surface area contributed by atoms with Gasteiger partial charge in [0.05, 0.1) is 18.4 Å². The van der Waals surface area contributed by atoms with E-state index in [4.69, 9.17) is 9.47 Å². The van der Waals surface area contributed by atoms with Crippen molar-refractivity contribution in [3.63, 3.8) is 0 Å². The van der Waals surface area contributed by atoms with E-state index in [0.29, 0.717) is 41.3 Å². The second kappa shape index (κ2) is 15.8. The second-order valence-corrected chi connectivity index (χ2v) is 9.69. The third kappa shape index (κ3) is 9.49. The smallest absolute Gasteiger partial charge is 0.262 e. The number of anilines is 1. The molecule has 1 unspecified atom stereocenters. The highest BCUT2D eigenvalue weighted by molar-refractivity contribution is 5.98. The van der Waals surface area contributed by atoms with Crippen molar-refractivity contribution in [3.8, 4) is 11.5 Å². The molecule has 43 heavy (non-hydrogen) atoms. The molecule has 3 N–H and O–H groups in total. The SMILES string of the molecule is C=CCc1cc(/C=N/NC(=O)C(NC(=O)c2ccccc2F)C(C)C)cc(OCC)c1OCC(=O)Nc1ccc(F)cc1. The van der Waals surface area contributed by atoms with Crippen molar-refractivity contribution < 1.29 is 32.6 Å². The van der Waals surface area contributed by atoms with E-state index in [-0.39, 0.29) is 18.1 Å². The summed E-state index contributed by atoms with van der Waals surface area (Å²) in [7, 11) is 0. The molecule has 226 valence electrons. The van der Waals surface area contributed by atoms with Crippen molar-refractivity contribution in [1.29, 1.82) is 0 Å². The van der Waals surface area contributed by atoms with E-state index in [0.717, 1.165) is 0 Å². The van der Waals surface area contributed by atoms with Crippen LogP contribution < -0.4 is 25.5 Å². The summed E-state index contributed by atoms with van der Waals surface area (Å²) in [5, 5.41) is 9.23. The Labute approximate surface area is 249 Å². The number of carbonyl (C=O) groups excluding carboxylic acids is 3. The summed E-state index contributed by atoms with van der Waals surface area (Å²) >= 11 is 0. The van der Waals surface area contributed by atoms with Gasteiger partial charge in [-0.1, -0.05) is 32.1 Å². The zero-order valence-electron chi connectivity index (χ0n) is 24.2. The van der Waals surface area contributed by atoms with Gasteiger partial charge in [-0.3, -0.25) is 14.4 Å². The summed E-state index contributed by atoms with van der Waals surface area (Å²) in [6.07, 6.45) is 3.43. The molecule has 0 bridgehead atoms. The van der Waals surface area contributed by atoms with Gasteiger partial charge in [0.25, 0.3) is 17.7 Å². The van der Waals surface area contributed by atoms with E-state index >= 15 is 0 Å². The molecule has 9 nitrogen and oxygen atoms in total. The molecule has 0 spiro atoms. The maximum Gasteiger partial charge on any atom is 0.262 e. The quantitative estimate of drug-likeness (QED) is 0.138. The van der Waals surface area contributed by atoms with Crippen LogP contribution in [0.15, 0.2) is 78.4 Å². The van der Waals surface area contributed by atoms with E-state index in [1.165, 1.54) is 54.7 Å². The third-order valence-electron chi connectivity index (χ3n) is 6.04. The highest BCUT2D eigenvalue weighted by Crippen LogP contribution is 2.33. The van der Waals surface area contributed by atoms with Crippen LogP contribution >= 0.6 is 0 Å². The van der Waals surface area contributed by atoms with Crippen molar-refractivity contribution in [3.05, 3.63) is 102 Å². The maximum absolute atomic E-state index is 14.0. The summed E-state index contributed by atoms with van der Waals surface area (Å²) in [4.78, 5) is 37.9. The number of ether oxygens (including phenoxy) is 2. The van der Waals surface area contributed by atoms with Crippen molar-refractivity contribution in [2.24, 2.45) is 11.0 Å². The Morgan fingerprint density at radius 2 is 1.74 bits per heavy atom. The lowest BCUT2D eigenvalue weighted by Crippen LogP contribution is -2.48. The number of hydrogen-bond donors (Lipinski definition) is 3. The van der Waals surface area contributed by atoms with Gasteiger partial charge in [-0.25, -0.2) is 14.2 Å². The number of hydrazone groups is 1. The predicted molar refractivity (Wildman–Crippen MR) is 160 cm³/mol. The molecule has 0 saturated carbocycles.